The molecule has 1 fully saturated rings. The third-order valence-corrected chi connectivity index (χ3v) is 3.60. The van der Waals surface area contributed by atoms with Crippen LogP contribution >= 0.6 is 0 Å². The number of nitrogens with two attached hydrogens (primary N) is 1. The zero-order valence-corrected chi connectivity index (χ0v) is 11.6. The Kier molecular flexibility index (Phi) is 5.16. The predicted molar refractivity (Wildman–Crippen MR) is 74.8 cm³/mol. The van der Waals surface area contributed by atoms with Crippen LogP contribution in [0.25, 0.3) is 0 Å². The number of hydrogen-bond donors (Lipinski definition) is 1. The zero-order valence-electron chi connectivity index (χ0n) is 11.6. The van der Waals surface area contributed by atoms with E-state index in [-0.39, 0.29) is 11.9 Å². The molecule has 0 spiro atoms. The van der Waals surface area contributed by atoms with Crippen molar-refractivity contribution in [1.29, 1.82) is 0 Å². The maximum Gasteiger partial charge on any atom is 0.165 e. The first-order valence-electron chi connectivity index (χ1n) is 7.07. The van der Waals surface area contributed by atoms with Gasteiger partial charge >= 0.3 is 0 Å². The molecule has 0 amide bonds. The van der Waals surface area contributed by atoms with E-state index < -0.39 is 0 Å². The van der Waals surface area contributed by atoms with E-state index in [1.807, 2.05) is 13.0 Å². The minimum atomic E-state index is -0.326. The molecular weight excluding hydrogens is 243 g/mol. The number of piperidine rings is 1. The summed E-state index contributed by atoms with van der Waals surface area (Å²) in [4.78, 5) is 2.37. The van der Waals surface area contributed by atoms with Crippen LogP contribution in [0.15, 0.2) is 18.2 Å². The molecule has 106 valence electrons. The number of hydrogen-bond acceptors (Lipinski definition) is 3. The predicted octanol–water partition coefficient (Wildman–Crippen LogP) is 2.71. The van der Waals surface area contributed by atoms with Gasteiger partial charge in [-0.15, -0.1) is 0 Å². The minimum absolute atomic E-state index is 0.156. The van der Waals surface area contributed by atoms with Gasteiger partial charge < -0.3 is 10.5 Å². The highest BCUT2D eigenvalue weighted by atomic mass is 19.1. The van der Waals surface area contributed by atoms with Gasteiger partial charge in [-0.2, -0.15) is 0 Å². The number of benzene rings is 1. The highest BCUT2D eigenvalue weighted by Crippen LogP contribution is 2.21. The summed E-state index contributed by atoms with van der Waals surface area (Å²) in [6.45, 7) is 5.51. The number of likely N-dealkylation sites (tertiary alicyclic amines) is 1. The molecule has 1 heterocycles. The van der Waals surface area contributed by atoms with Crippen molar-refractivity contribution in [2.45, 2.75) is 32.2 Å². The van der Waals surface area contributed by atoms with Crippen LogP contribution in [-0.4, -0.2) is 31.1 Å². The minimum Gasteiger partial charge on any atom is -0.489 e. The smallest absolute Gasteiger partial charge is 0.165 e. The second-order valence-corrected chi connectivity index (χ2v) is 5.23. The molecule has 0 radical (unpaired) electrons. The largest absolute Gasteiger partial charge is 0.489 e. The standard InChI is InChI=1S/C15H23FN2O/c1-12(17)13-5-6-15(14(16)11-13)19-10-9-18-7-3-2-4-8-18/h5-6,11-12H,2-4,7-10,17H2,1H3/t12-/m1/s1. The third kappa shape index (κ3) is 4.18. The first-order valence-corrected chi connectivity index (χ1v) is 7.07. The van der Waals surface area contributed by atoms with Crippen molar-refractivity contribution in [3.05, 3.63) is 29.6 Å². The Morgan fingerprint density at radius 3 is 2.68 bits per heavy atom. The Balaban J connectivity index is 1.82. The monoisotopic (exact) mass is 266 g/mol. The van der Waals surface area contributed by atoms with Crippen LogP contribution in [0, 0.1) is 5.82 Å². The molecular formula is C15H23FN2O. The molecule has 1 aromatic carbocycles. The average molecular weight is 266 g/mol. The molecule has 1 atom stereocenters. The Hall–Kier alpha value is -1.13. The van der Waals surface area contributed by atoms with Crippen LogP contribution in [0.4, 0.5) is 4.39 Å². The van der Waals surface area contributed by atoms with Gasteiger partial charge in [-0.3, -0.25) is 4.90 Å². The van der Waals surface area contributed by atoms with Crippen molar-refractivity contribution in [2.24, 2.45) is 5.73 Å². The fourth-order valence-electron chi connectivity index (χ4n) is 2.39. The number of halogens is 1. The van der Waals surface area contributed by atoms with E-state index in [9.17, 15) is 4.39 Å². The Labute approximate surface area is 114 Å². The van der Waals surface area contributed by atoms with Gasteiger partial charge in [-0.25, -0.2) is 4.39 Å². The fourth-order valence-corrected chi connectivity index (χ4v) is 2.39. The lowest BCUT2D eigenvalue weighted by molar-refractivity contribution is 0.180. The van der Waals surface area contributed by atoms with Crippen molar-refractivity contribution >= 4 is 0 Å². The second-order valence-electron chi connectivity index (χ2n) is 5.23. The van der Waals surface area contributed by atoms with E-state index in [2.05, 4.69) is 4.90 Å². The van der Waals surface area contributed by atoms with E-state index in [1.165, 1.54) is 25.3 Å². The van der Waals surface area contributed by atoms with E-state index >= 15 is 0 Å². The summed E-state index contributed by atoms with van der Waals surface area (Å²) in [6.07, 6.45) is 3.85. The van der Waals surface area contributed by atoms with Crippen LogP contribution < -0.4 is 10.5 Å². The van der Waals surface area contributed by atoms with Crippen molar-refractivity contribution < 1.29 is 9.13 Å². The molecule has 1 aliphatic rings. The first-order chi connectivity index (χ1) is 9.16. The molecule has 0 saturated carbocycles. The first kappa shape index (κ1) is 14.3. The molecule has 1 aromatic rings. The molecule has 1 aliphatic heterocycles. The topological polar surface area (TPSA) is 38.5 Å². The van der Waals surface area contributed by atoms with Crippen LogP contribution in [0.2, 0.25) is 0 Å². The molecule has 0 aliphatic carbocycles. The SMILES string of the molecule is C[C@@H](N)c1ccc(OCCN2CCCCC2)c(F)c1. The molecule has 2 rings (SSSR count). The van der Waals surface area contributed by atoms with Crippen molar-refractivity contribution in [2.75, 3.05) is 26.2 Å². The summed E-state index contributed by atoms with van der Waals surface area (Å²) in [5, 5.41) is 0. The number of ether oxygens (including phenoxy) is 1. The van der Waals surface area contributed by atoms with E-state index in [4.69, 9.17) is 10.5 Å². The van der Waals surface area contributed by atoms with Crippen molar-refractivity contribution in [1.82, 2.24) is 4.90 Å². The maximum absolute atomic E-state index is 13.8. The van der Waals surface area contributed by atoms with Gasteiger partial charge in [0.15, 0.2) is 11.6 Å². The molecule has 3 nitrogen and oxygen atoms in total. The summed E-state index contributed by atoms with van der Waals surface area (Å²) in [5.41, 5.74) is 6.51. The van der Waals surface area contributed by atoms with Crippen molar-refractivity contribution in [3.63, 3.8) is 0 Å². The molecule has 0 aromatic heterocycles. The highest BCUT2D eigenvalue weighted by molar-refractivity contribution is 5.30. The lowest BCUT2D eigenvalue weighted by Crippen LogP contribution is -2.33. The lowest BCUT2D eigenvalue weighted by atomic mass is 10.1. The van der Waals surface area contributed by atoms with Gasteiger partial charge in [0, 0.05) is 12.6 Å². The molecule has 0 unspecified atom stereocenters. The molecule has 2 N–H and O–H groups in total. The van der Waals surface area contributed by atoms with E-state index in [0.29, 0.717) is 12.4 Å². The molecule has 0 bridgehead atoms. The highest BCUT2D eigenvalue weighted by Gasteiger charge is 2.11. The second kappa shape index (κ2) is 6.87. The van der Waals surface area contributed by atoms with Crippen molar-refractivity contribution in [3.8, 4) is 5.75 Å². The summed E-state index contributed by atoms with van der Waals surface area (Å²) in [5.74, 6) is -0.00477. The molecule has 1 saturated heterocycles. The van der Waals surface area contributed by atoms with Gasteiger partial charge in [0.1, 0.15) is 6.61 Å². The third-order valence-electron chi connectivity index (χ3n) is 3.60. The van der Waals surface area contributed by atoms with Gasteiger partial charge in [0.25, 0.3) is 0 Å². The van der Waals surface area contributed by atoms with Crippen LogP contribution in [-0.2, 0) is 0 Å². The normalized spacial score (nSPS) is 18.3. The van der Waals surface area contributed by atoms with E-state index in [0.717, 1.165) is 25.2 Å². The van der Waals surface area contributed by atoms with Gasteiger partial charge in [0.2, 0.25) is 0 Å². The summed E-state index contributed by atoms with van der Waals surface area (Å²) in [7, 11) is 0. The zero-order chi connectivity index (χ0) is 13.7. The van der Waals surface area contributed by atoms with Crippen LogP contribution in [0.1, 0.15) is 37.8 Å². The summed E-state index contributed by atoms with van der Waals surface area (Å²) in [6, 6.07) is 4.80. The average Bonchev–Trinajstić information content (AvgIpc) is 2.41. The van der Waals surface area contributed by atoms with Gasteiger partial charge in [-0.05, 0) is 50.6 Å². The maximum atomic E-state index is 13.8. The number of rotatable bonds is 5. The lowest BCUT2D eigenvalue weighted by Gasteiger charge is -2.26. The van der Waals surface area contributed by atoms with Crippen LogP contribution in [0.5, 0.6) is 5.75 Å². The Bertz CT molecular complexity index is 403. The summed E-state index contributed by atoms with van der Waals surface area (Å²) < 4.78 is 19.3. The fraction of sp³-hybridized carbons (Fsp3) is 0.600. The Morgan fingerprint density at radius 1 is 1.32 bits per heavy atom. The van der Waals surface area contributed by atoms with Gasteiger partial charge in [0.05, 0.1) is 0 Å². The quantitative estimate of drug-likeness (QED) is 0.890. The number of nitrogens with zero attached hydrogens (tertiary/aromatic N) is 1. The summed E-state index contributed by atoms with van der Waals surface area (Å²) >= 11 is 0. The van der Waals surface area contributed by atoms with Crippen LogP contribution in [0.3, 0.4) is 0 Å². The Morgan fingerprint density at radius 2 is 2.05 bits per heavy atom. The van der Waals surface area contributed by atoms with Gasteiger partial charge in [-0.1, -0.05) is 12.5 Å². The molecule has 19 heavy (non-hydrogen) atoms. The van der Waals surface area contributed by atoms with E-state index in [1.54, 1.807) is 6.07 Å². The molecule has 4 heteroatoms.